The number of aromatic nitrogens is 4. The molecule has 2 heterocycles. The smallest absolute Gasteiger partial charge is 0.323 e. The molecule has 24 heavy (non-hydrogen) atoms. The SMILES string of the molecule is O=C(Nc1ccc(Cn2cccn2)cc1)Nc1cnn(CCO)c1. The molecule has 3 N–H and O–H groups in total. The molecule has 0 aliphatic rings. The van der Waals surface area contributed by atoms with Crippen LogP contribution in [0, 0.1) is 0 Å². The highest BCUT2D eigenvalue weighted by Gasteiger charge is 2.05. The minimum atomic E-state index is -0.349. The predicted molar refractivity (Wildman–Crippen MR) is 89.7 cm³/mol. The van der Waals surface area contributed by atoms with Crippen LogP contribution in [0.15, 0.2) is 55.1 Å². The Labute approximate surface area is 138 Å². The van der Waals surface area contributed by atoms with Gasteiger partial charge in [-0.2, -0.15) is 10.2 Å². The zero-order valence-corrected chi connectivity index (χ0v) is 13.0. The van der Waals surface area contributed by atoms with E-state index in [1.54, 1.807) is 17.1 Å². The van der Waals surface area contributed by atoms with Crippen LogP contribution in [0.4, 0.5) is 16.2 Å². The Balaban J connectivity index is 1.53. The molecule has 0 saturated heterocycles. The molecule has 8 heteroatoms. The molecule has 0 radical (unpaired) electrons. The quantitative estimate of drug-likeness (QED) is 0.643. The predicted octanol–water partition coefficient (Wildman–Crippen LogP) is 1.76. The van der Waals surface area contributed by atoms with Gasteiger partial charge in [0.15, 0.2) is 0 Å². The normalized spacial score (nSPS) is 10.5. The van der Waals surface area contributed by atoms with E-state index in [0.717, 1.165) is 5.56 Å². The maximum absolute atomic E-state index is 12.0. The van der Waals surface area contributed by atoms with Crippen LogP contribution in [0.5, 0.6) is 0 Å². The minimum absolute atomic E-state index is 0.00179. The Hall–Kier alpha value is -3.13. The van der Waals surface area contributed by atoms with E-state index in [2.05, 4.69) is 20.8 Å². The Morgan fingerprint density at radius 3 is 2.58 bits per heavy atom. The molecule has 0 atom stereocenters. The number of hydrogen-bond donors (Lipinski definition) is 3. The molecule has 0 aliphatic carbocycles. The molecular formula is C16H18N6O2. The van der Waals surface area contributed by atoms with Crippen molar-refractivity contribution in [3.8, 4) is 0 Å². The molecule has 124 valence electrons. The third-order valence-electron chi connectivity index (χ3n) is 3.34. The summed E-state index contributed by atoms with van der Waals surface area (Å²) in [5.41, 5.74) is 2.35. The second-order valence-electron chi connectivity index (χ2n) is 5.20. The van der Waals surface area contributed by atoms with Gasteiger partial charge in [0.1, 0.15) is 0 Å². The van der Waals surface area contributed by atoms with Crippen LogP contribution in [0.3, 0.4) is 0 Å². The van der Waals surface area contributed by atoms with E-state index < -0.39 is 0 Å². The number of aliphatic hydroxyl groups is 1. The lowest BCUT2D eigenvalue weighted by Crippen LogP contribution is -2.19. The largest absolute Gasteiger partial charge is 0.394 e. The standard InChI is InChI=1S/C16H18N6O2/c23-9-8-22-12-15(10-18-22)20-16(24)19-14-4-2-13(3-5-14)11-21-7-1-6-17-21/h1-7,10,12,23H,8-9,11H2,(H2,19,20,24). The van der Waals surface area contributed by atoms with E-state index in [-0.39, 0.29) is 12.6 Å². The Bertz CT molecular complexity index is 779. The summed E-state index contributed by atoms with van der Waals surface area (Å²) in [7, 11) is 0. The molecule has 2 amide bonds. The fraction of sp³-hybridized carbons (Fsp3) is 0.188. The van der Waals surface area contributed by atoms with Gasteiger partial charge in [-0.3, -0.25) is 9.36 Å². The highest BCUT2D eigenvalue weighted by atomic mass is 16.3. The fourth-order valence-corrected chi connectivity index (χ4v) is 2.22. The van der Waals surface area contributed by atoms with E-state index in [1.807, 2.05) is 41.2 Å². The zero-order valence-electron chi connectivity index (χ0n) is 13.0. The number of rotatable bonds is 6. The lowest BCUT2D eigenvalue weighted by atomic mass is 10.2. The van der Waals surface area contributed by atoms with Gasteiger partial charge < -0.3 is 15.7 Å². The maximum atomic E-state index is 12.0. The van der Waals surface area contributed by atoms with Crippen molar-refractivity contribution in [1.29, 1.82) is 0 Å². The number of carbonyl (C=O) groups is 1. The van der Waals surface area contributed by atoms with Crippen LogP contribution in [0.1, 0.15) is 5.56 Å². The first-order valence-electron chi connectivity index (χ1n) is 7.50. The molecule has 3 rings (SSSR count). The van der Waals surface area contributed by atoms with Crippen LogP contribution in [0.2, 0.25) is 0 Å². The molecule has 0 unspecified atom stereocenters. The lowest BCUT2D eigenvalue weighted by Gasteiger charge is -2.07. The topological polar surface area (TPSA) is 97.0 Å². The summed E-state index contributed by atoms with van der Waals surface area (Å²) in [6.07, 6.45) is 6.82. The van der Waals surface area contributed by atoms with Gasteiger partial charge in [-0.1, -0.05) is 12.1 Å². The van der Waals surface area contributed by atoms with Crippen molar-refractivity contribution >= 4 is 17.4 Å². The summed E-state index contributed by atoms with van der Waals surface area (Å²) in [5.74, 6) is 0. The number of hydrogen-bond acceptors (Lipinski definition) is 4. The molecule has 0 bridgehead atoms. The van der Waals surface area contributed by atoms with E-state index in [4.69, 9.17) is 5.11 Å². The van der Waals surface area contributed by atoms with Crippen molar-refractivity contribution in [2.24, 2.45) is 0 Å². The average molecular weight is 326 g/mol. The second kappa shape index (κ2) is 7.42. The number of nitrogens with zero attached hydrogens (tertiary/aromatic N) is 4. The molecule has 0 aliphatic heterocycles. The molecule has 0 spiro atoms. The van der Waals surface area contributed by atoms with Crippen LogP contribution >= 0.6 is 0 Å². The summed E-state index contributed by atoms with van der Waals surface area (Å²) in [6, 6.07) is 9.09. The first-order valence-corrected chi connectivity index (χ1v) is 7.50. The molecular weight excluding hydrogens is 308 g/mol. The van der Waals surface area contributed by atoms with Gasteiger partial charge in [-0.15, -0.1) is 0 Å². The third kappa shape index (κ3) is 4.20. The number of amides is 2. The summed E-state index contributed by atoms with van der Waals surface area (Å²) >= 11 is 0. The van der Waals surface area contributed by atoms with Crippen molar-refractivity contribution in [2.45, 2.75) is 13.1 Å². The van der Waals surface area contributed by atoms with Gasteiger partial charge in [0.05, 0.1) is 31.6 Å². The van der Waals surface area contributed by atoms with Gasteiger partial charge in [-0.25, -0.2) is 4.79 Å². The fourth-order valence-electron chi connectivity index (χ4n) is 2.22. The van der Waals surface area contributed by atoms with E-state index in [9.17, 15) is 4.79 Å². The number of aliphatic hydroxyl groups excluding tert-OH is 1. The monoisotopic (exact) mass is 326 g/mol. The van der Waals surface area contributed by atoms with Gasteiger partial charge in [0, 0.05) is 24.3 Å². The highest BCUT2D eigenvalue weighted by Crippen LogP contribution is 2.12. The van der Waals surface area contributed by atoms with E-state index in [1.165, 1.54) is 6.20 Å². The van der Waals surface area contributed by atoms with Gasteiger partial charge in [-0.05, 0) is 23.8 Å². The second-order valence-corrected chi connectivity index (χ2v) is 5.20. The van der Waals surface area contributed by atoms with Crippen molar-refractivity contribution in [3.05, 3.63) is 60.7 Å². The van der Waals surface area contributed by atoms with Crippen molar-refractivity contribution in [2.75, 3.05) is 17.2 Å². The Morgan fingerprint density at radius 2 is 1.88 bits per heavy atom. The number of anilines is 2. The van der Waals surface area contributed by atoms with E-state index in [0.29, 0.717) is 24.5 Å². The average Bonchev–Trinajstić information content (AvgIpc) is 3.22. The summed E-state index contributed by atoms with van der Waals surface area (Å²) < 4.78 is 3.39. The summed E-state index contributed by atoms with van der Waals surface area (Å²) in [5, 5.41) is 22.5. The van der Waals surface area contributed by atoms with Crippen LogP contribution in [0.25, 0.3) is 0 Å². The number of nitrogens with one attached hydrogen (secondary N) is 2. The molecule has 1 aromatic carbocycles. The van der Waals surface area contributed by atoms with Crippen LogP contribution < -0.4 is 10.6 Å². The van der Waals surface area contributed by atoms with Gasteiger partial charge in [0.25, 0.3) is 0 Å². The molecule has 8 nitrogen and oxygen atoms in total. The summed E-state index contributed by atoms with van der Waals surface area (Å²) in [4.78, 5) is 12.0. The van der Waals surface area contributed by atoms with Crippen molar-refractivity contribution in [3.63, 3.8) is 0 Å². The van der Waals surface area contributed by atoms with Crippen molar-refractivity contribution in [1.82, 2.24) is 19.6 Å². The Kier molecular flexibility index (Phi) is 4.87. The molecule has 0 fully saturated rings. The summed E-state index contributed by atoms with van der Waals surface area (Å²) in [6.45, 7) is 1.07. The number of urea groups is 1. The third-order valence-corrected chi connectivity index (χ3v) is 3.34. The molecule has 2 aromatic heterocycles. The first-order chi connectivity index (χ1) is 11.7. The lowest BCUT2D eigenvalue weighted by molar-refractivity contribution is 0.262. The van der Waals surface area contributed by atoms with Crippen LogP contribution in [-0.4, -0.2) is 37.3 Å². The van der Waals surface area contributed by atoms with Crippen molar-refractivity contribution < 1.29 is 9.90 Å². The molecule has 0 saturated carbocycles. The minimum Gasteiger partial charge on any atom is -0.394 e. The maximum Gasteiger partial charge on any atom is 0.323 e. The molecule has 3 aromatic rings. The number of benzene rings is 1. The zero-order chi connectivity index (χ0) is 16.8. The highest BCUT2D eigenvalue weighted by molar-refractivity contribution is 5.99. The van der Waals surface area contributed by atoms with E-state index >= 15 is 0 Å². The van der Waals surface area contributed by atoms with Gasteiger partial charge >= 0.3 is 6.03 Å². The number of carbonyl (C=O) groups excluding carboxylic acids is 1. The van der Waals surface area contributed by atoms with Crippen LogP contribution in [-0.2, 0) is 13.1 Å². The van der Waals surface area contributed by atoms with Gasteiger partial charge in [0.2, 0.25) is 0 Å². The Morgan fingerprint density at radius 1 is 1.08 bits per heavy atom. The first kappa shape index (κ1) is 15.8.